The van der Waals surface area contributed by atoms with Crippen LogP contribution in [0.5, 0.6) is 0 Å². The monoisotopic (exact) mass is 390 g/mol. The number of rotatable bonds is 4. The summed E-state index contributed by atoms with van der Waals surface area (Å²) in [5.74, 6) is -2.27. The summed E-state index contributed by atoms with van der Waals surface area (Å²) in [6.07, 6.45) is -3.71. The molecule has 1 heterocycles. The number of likely N-dealkylation sites (tertiary alicyclic amines) is 1. The van der Waals surface area contributed by atoms with Crippen LogP contribution in [0.15, 0.2) is 48.5 Å². The van der Waals surface area contributed by atoms with Crippen molar-refractivity contribution in [3.05, 3.63) is 65.2 Å². The minimum Gasteiger partial charge on any atom is -0.344 e. The molecule has 2 amide bonds. The van der Waals surface area contributed by atoms with Gasteiger partial charge in [-0.05, 0) is 35.7 Å². The van der Waals surface area contributed by atoms with Crippen molar-refractivity contribution in [3.8, 4) is 0 Å². The van der Waals surface area contributed by atoms with E-state index >= 15 is 0 Å². The first kappa shape index (κ1) is 19.9. The van der Waals surface area contributed by atoms with Crippen molar-refractivity contribution in [3.63, 3.8) is 0 Å². The van der Waals surface area contributed by atoms with Crippen LogP contribution < -0.4 is 5.32 Å². The SMILES string of the molecule is CCc1ccccc1NC(=O)[C@H]1C(=O)N(C)C[C@@H]1c1ccc(C(F)(F)F)cc1. The van der Waals surface area contributed by atoms with E-state index in [4.69, 9.17) is 0 Å². The first-order valence-electron chi connectivity index (χ1n) is 9.03. The highest BCUT2D eigenvalue weighted by Crippen LogP contribution is 2.36. The van der Waals surface area contributed by atoms with Crippen LogP contribution in [0.4, 0.5) is 18.9 Å². The van der Waals surface area contributed by atoms with Gasteiger partial charge in [-0.1, -0.05) is 37.3 Å². The Bertz CT molecular complexity index is 878. The molecule has 28 heavy (non-hydrogen) atoms. The van der Waals surface area contributed by atoms with Crippen molar-refractivity contribution < 1.29 is 22.8 Å². The van der Waals surface area contributed by atoms with E-state index in [1.165, 1.54) is 17.0 Å². The molecule has 3 rings (SSSR count). The quantitative estimate of drug-likeness (QED) is 0.800. The third-order valence-electron chi connectivity index (χ3n) is 5.12. The molecule has 2 atom stereocenters. The molecule has 1 aliphatic heterocycles. The smallest absolute Gasteiger partial charge is 0.344 e. The number of nitrogens with one attached hydrogen (secondary N) is 1. The number of hydrogen-bond donors (Lipinski definition) is 1. The lowest BCUT2D eigenvalue weighted by Crippen LogP contribution is -2.33. The second-order valence-electron chi connectivity index (χ2n) is 6.92. The molecule has 0 aromatic heterocycles. The van der Waals surface area contributed by atoms with Gasteiger partial charge in [-0.25, -0.2) is 0 Å². The van der Waals surface area contributed by atoms with Gasteiger partial charge in [-0.3, -0.25) is 9.59 Å². The Kier molecular flexibility index (Phi) is 5.45. The van der Waals surface area contributed by atoms with Crippen LogP contribution in [0.2, 0.25) is 0 Å². The average Bonchev–Trinajstić information content (AvgIpc) is 2.96. The Labute approximate surface area is 161 Å². The van der Waals surface area contributed by atoms with E-state index < -0.39 is 29.5 Å². The van der Waals surface area contributed by atoms with Crippen LogP contribution in [0, 0.1) is 5.92 Å². The van der Waals surface area contributed by atoms with Gasteiger partial charge in [0, 0.05) is 25.2 Å². The summed E-state index contributed by atoms with van der Waals surface area (Å²) >= 11 is 0. The molecular weight excluding hydrogens is 369 g/mol. The summed E-state index contributed by atoms with van der Waals surface area (Å²) in [5, 5.41) is 2.82. The molecule has 1 fully saturated rings. The normalized spacial score (nSPS) is 19.8. The number of likely N-dealkylation sites (N-methyl/N-ethyl adjacent to an activating group) is 1. The number of aryl methyl sites for hydroxylation is 1. The van der Waals surface area contributed by atoms with Crippen LogP contribution in [-0.2, 0) is 22.2 Å². The first-order valence-corrected chi connectivity index (χ1v) is 9.03. The molecule has 0 unspecified atom stereocenters. The van der Waals surface area contributed by atoms with Crippen LogP contribution in [0.25, 0.3) is 0 Å². The number of halogens is 3. The molecule has 7 heteroatoms. The zero-order valence-corrected chi connectivity index (χ0v) is 15.6. The van der Waals surface area contributed by atoms with E-state index in [0.717, 1.165) is 24.1 Å². The van der Waals surface area contributed by atoms with Gasteiger partial charge in [0.05, 0.1) is 5.56 Å². The summed E-state index contributed by atoms with van der Waals surface area (Å²) in [7, 11) is 1.59. The van der Waals surface area contributed by atoms with Crippen molar-refractivity contribution >= 4 is 17.5 Å². The summed E-state index contributed by atoms with van der Waals surface area (Å²) in [5.41, 5.74) is 1.37. The number of hydrogen-bond acceptors (Lipinski definition) is 2. The fourth-order valence-electron chi connectivity index (χ4n) is 3.57. The molecule has 1 saturated heterocycles. The van der Waals surface area contributed by atoms with E-state index in [1.54, 1.807) is 19.2 Å². The molecule has 1 aliphatic rings. The summed E-state index contributed by atoms with van der Waals surface area (Å²) in [4.78, 5) is 26.9. The maximum atomic E-state index is 12.9. The van der Waals surface area contributed by atoms with Gasteiger partial charge in [0.2, 0.25) is 11.8 Å². The number of amides is 2. The Morgan fingerprint density at radius 2 is 1.79 bits per heavy atom. The molecule has 148 valence electrons. The lowest BCUT2D eigenvalue weighted by Gasteiger charge is -2.18. The van der Waals surface area contributed by atoms with Gasteiger partial charge < -0.3 is 10.2 Å². The van der Waals surface area contributed by atoms with Crippen molar-refractivity contribution in [2.24, 2.45) is 5.92 Å². The number of anilines is 1. The third kappa shape index (κ3) is 3.88. The van der Waals surface area contributed by atoms with Crippen molar-refractivity contribution in [1.29, 1.82) is 0 Å². The molecule has 0 aliphatic carbocycles. The van der Waals surface area contributed by atoms with Gasteiger partial charge in [0.15, 0.2) is 0 Å². The predicted molar refractivity (Wildman–Crippen MR) is 99.8 cm³/mol. The number of carbonyl (C=O) groups is 2. The molecule has 2 aromatic rings. The fraction of sp³-hybridized carbons (Fsp3) is 0.333. The fourth-order valence-corrected chi connectivity index (χ4v) is 3.57. The number of benzene rings is 2. The maximum absolute atomic E-state index is 12.9. The Morgan fingerprint density at radius 3 is 2.39 bits per heavy atom. The van der Waals surface area contributed by atoms with Crippen LogP contribution in [0.1, 0.15) is 29.5 Å². The highest BCUT2D eigenvalue weighted by molar-refractivity contribution is 6.08. The maximum Gasteiger partial charge on any atom is 0.416 e. The van der Waals surface area contributed by atoms with Gasteiger partial charge in [0.25, 0.3) is 0 Å². The highest BCUT2D eigenvalue weighted by Gasteiger charge is 2.44. The molecular formula is C21H21F3N2O2. The van der Waals surface area contributed by atoms with Gasteiger partial charge in [0.1, 0.15) is 5.92 Å². The Balaban J connectivity index is 1.87. The number of alkyl halides is 3. The molecule has 2 aromatic carbocycles. The van der Waals surface area contributed by atoms with Crippen molar-refractivity contribution in [2.45, 2.75) is 25.4 Å². The molecule has 0 saturated carbocycles. The van der Waals surface area contributed by atoms with Crippen LogP contribution in [0.3, 0.4) is 0 Å². The molecule has 0 radical (unpaired) electrons. The Morgan fingerprint density at radius 1 is 1.14 bits per heavy atom. The van der Waals surface area contributed by atoms with E-state index in [9.17, 15) is 22.8 Å². The van der Waals surface area contributed by atoms with Gasteiger partial charge in [-0.2, -0.15) is 13.2 Å². The Hall–Kier alpha value is -2.83. The lowest BCUT2D eigenvalue weighted by molar-refractivity contribution is -0.138. The van der Waals surface area contributed by atoms with E-state index in [2.05, 4.69) is 5.32 Å². The third-order valence-corrected chi connectivity index (χ3v) is 5.12. The standard InChI is InChI=1S/C21H21F3N2O2/c1-3-13-6-4-5-7-17(13)25-19(27)18-16(12-26(2)20(18)28)14-8-10-15(11-9-14)21(22,23)24/h4-11,16,18H,3,12H2,1-2H3,(H,25,27)/t16-,18+/m1/s1. The van der Waals surface area contributed by atoms with E-state index in [1.807, 2.05) is 19.1 Å². The summed E-state index contributed by atoms with van der Waals surface area (Å²) in [6, 6.07) is 12.0. The number of para-hydroxylation sites is 1. The average molecular weight is 390 g/mol. The van der Waals surface area contributed by atoms with Gasteiger partial charge >= 0.3 is 6.18 Å². The largest absolute Gasteiger partial charge is 0.416 e. The first-order chi connectivity index (χ1) is 13.2. The highest BCUT2D eigenvalue weighted by atomic mass is 19.4. The van der Waals surface area contributed by atoms with E-state index in [-0.39, 0.29) is 12.5 Å². The van der Waals surface area contributed by atoms with E-state index in [0.29, 0.717) is 11.3 Å². The minimum atomic E-state index is -4.43. The van der Waals surface area contributed by atoms with Crippen LogP contribution in [-0.4, -0.2) is 30.3 Å². The second-order valence-corrected chi connectivity index (χ2v) is 6.92. The van der Waals surface area contributed by atoms with Crippen molar-refractivity contribution in [1.82, 2.24) is 4.90 Å². The minimum absolute atomic E-state index is 0.276. The second kappa shape index (κ2) is 7.66. The lowest BCUT2D eigenvalue weighted by atomic mass is 9.87. The number of nitrogens with zero attached hydrogens (tertiary/aromatic N) is 1. The topological polar surface area (TPSA) is 49.4 Å². The zero-order chi connectivity index (χ0) is 20.5. The molecule has 0 bridgehead atoms. The molecule has 1 N–H and O–H groups in total. The zero-order valence-electron chi connectivity index (χ0n) is 15.6. The predicted octanol–water partition coefficient (Wildman–Crippen LogP) is 4.08. The summed E-state index contributed by atoms with van der Waals surface area (Å²) in [6.45, 7) is 2.24. The van der Waals surface area contributed by atoms with Gasteiger partial charge in [-0.15, -0.1) is 0 Å². The van der Waals surface area contributed by atoms with Crippen molar-refractivity contribution in [2.75, 3.05) is 18.9 Å². The molecule has 4 nitrogen and oxygen atoms in total. The van der Waals surface area contributed by atoms with Crippen LogP contribution >= 0.6 is 0 Å². The number of carbonyl (C=O) groups excluding carboxylic acids is 2. The molecule has 0 spiro atoms. The summed E-state index contributed by atoms with van der Waals surface area (Å²) < 4.78 is 38.4.